The Kier molecular flexibility index (Phi) is 7.91. The number of carbonyl (C=O) groups excluding carboxylic acids is 1. The summed E-state index contributed by atoms with van der Waals surface area (Å²) in [5.41, 5.74) is 6.17. The highest BCUT2D eigenvalue weighted by atomic mass is 79.9. The standard InChI is InChI=1S/C24H20BrN5O4/c1-2-33-19-8-15(22-16(10-26)23(28)30-24(32)17(22)11-27)18(25)9-20(19)34-13-21(31)29-12-14-6-4-3-5-7-14/h3-9H,2,12-13H2,1H3,(H,29,31)(H3,28,30,32). The molecule has 0 saturated heterocycles. The molecular weight excluding hydrogens is 502 g/mol. The van der Waals surface area contributed by atoms with E-state index in [9.17, 15) is 20.1 Å². The fourth-order valence-corrected chi connectivity index (χ4v) is 3.73. The summed E-state index contributed by atoms with van der Waals surface area (Å²) in [6.45, 7) is 2.15. The lowest BCUT2D eigenvalue weighted by molar-refractivity contribution is -0.123. The number of pyridine rings is 1. The van der Waals surface area contributed by atoms with Crippen molar-refractivity contribution < 1.29 is 14.3 Å². The molecule has 0 spiro atoms. The van der Waals surface area contributed by atoms with E-state index < -0.39 is 5.56 Å². The lowest BCUT2D eigenvalue weighted by Gasteiger charge is -2.16. The summed E-state index contributed by atoms with van der Waals surface area (Å²) in [4.78, 5) is 26.8. The molecule has 4 N–H and O–H groups in total. The first-order valence-electron chi connectivity index (χ1n) is 10.2. The zero-order valence-corrected chi connectivity index (χ0v) is 19.7. The molecule has 0 atom stereocenters. The number of hydrogen-bond donors (Lipinski definition) is 3. The number of hydrogen-bond acceptors (Lipinski definition) is 7. The topological polar surface area (TPSA) is 154 Å². The van der Waals surface area contributed by atoms with Crippen LogP contribution in [0.3, 0.4) is 0 Å². The molecule has 0 bridgehead atoms. The highest BCUT2D eigenvalue weighted by Gasteiger charge is 2.22. The van der Waals surface area contributed by atoms with Gasteiger partial charge in [0, 0.05) is 22.1 Å². The van der Waals surface area contributed by atoms with E-state index >= 15 is 0 Å². The van der Waals surface area contributed by atoms with Gasteiger partial charge < -0.3 is 25.5 Å². The first-order valence-corrected chi connectivity index (χ1v) is 10.9. The van der Waals surface area contributed by atoms with Crippen LogP contribution in [0.2, 0.25) is 0 Å². The van der Waals surface area contributed by atoms with Gasteiger partial charge in [0.25, 0.3) is 11.5 Å². The smallest absolute Gasteiger partial charge is 0.268 e. The number of nitrogens with zero attached hydrogens (tertiary/aromatic N) is 2. The van der Waals surface area contributed by atoms with Crippen molar-refractivity contribution in [3.8, 4) is 34.8 Å². The first-order chi connectivity index (χ1) is 16.4. The fraction of sp³-hybridized carbons (Fsp3) is 0.167. The Morgan fingerprint density at radius 2 is 1.79 bits per heavy atom. The summed E-state index contributed by atoms with van der Waals surface area (Å²) in [5.74, 6) is 0.0551. The van der Waals surface area contributed by atoms with Crippen molar-refractivity contribution >= 4 is 27.7 Å². The SMILES string of the molecule is CCOc1cc(-c2c(C#N)c(N)[nH]c(=O)c2C#N)c(Br)cc1OCC(=O)NCc1ccccc1. The van der Waals surface area contributed by atoms with E-state index in [0.29, 0.717) is 16.6 Å². The van der Waals surface area contributed by atoms with Crippen molar-refractivity contribution in [2.24, 2.45) is 0 Å². The average Bonchev–Trinajstić information content (AvgIpc) is 2.83. The second kappa shape index (κ2) is 11.0. The van der Waals surface area contributed by atoms with Crippen molar-refractivity contribution in [2.75, 3.05) is 18.9 Å². The van der Waals surface area contributed by atoms with Gasteiger partial charge in [-0.3, -0.25) is 9.59 Å². The molecule has 10 heteroatoms. The Labute approximate surface area is 203 Å². The molecule has 3 rings (SSSR count). The Balaban J connectivity index is 1.92. The zero-order valence-electron chi connectivity index (χ0n) is 18.1. The minimum absolute atomic E-state index is 0.0479. The monoisotopic (exact) mass is 521 g/mol. The number of aromatic nitrogens is 1. The van der Waals surface area contributed by atoms with Crippen LogP contribution in [0.1, 0.15) is 23.6 Å². The molecule has 1 heterocycles. The van der Waals surface area contributed by atoms with Crippen LogP contribution in [0.25, 0.3) is 11.1 Å². The number of halogens is 1. The van der Waals surface area contributed by atoms with Gasteiger partial charge in [0.2, 0.25) is 0 Å². The van der Waals surface area contributed by atoms with E-state index in [1.165, 1.54) is 6.07 Å². The molecule has 0 aliphatic carbocycles. The third-order valence-electron chi connectivity index (χ3n) is 4.76. The molecule has 3 aromatic rings. The quantitative estimate of drug-likeness (QED) is 0.410. The van der Waals surface area contributed by atoms with Crippen LogP contribution in [0, 0.1) is 22.7 Å². The summed E-state index contributed by atoms with van der Waals surface area (Å²) in [6, 6.07) is 16.3. The van der Waals surface area contributed by atoms with E-state index in [-0.39, 0.29) is 53.1 Å². The number of H-pyrrole nitrogens is 1. The third-order valence-corrected chi connectivity index (χ3v) is 5.42. The van der Waals surface area contributed by atoms with Crippen LogP contribution < -0.4 is 26.1 Å². The largest absolute Gasteiger partial charge is 0.490 e. The van der Waals surface area contributed by atoms with Gasteiger partial charge in [0.1, 0.15) is 29.1 Å². The van der Waals surface area contributed by atoms with Gasteiger partial charge in [-0.05, 0) is 24.6 Å². The van der Waals surface area contributed by atoms with E-state index in [1.54, 1.807) is 13.0 Å². The van der Waals surface area contributed by atoms with Gasteiger partial charge in [-0.2, -0.15) is 10.5 Å². The Hall–Kier alpha value is -4.28. The van der Waals surface area contributed by atoms with E-state index in [4.69, 9.17) is 15.2 Å². The first kappa shape index (κ1) is 24.4. The van der Waals surface area contributed by atoms with Gasteiger partial charge in [0.15, 0.2) is 18.1 Å². The molecule has 0 radical (unpaired) electrons. The summed E-state index contributed by atoms with van der Waals surface area (Å²) < 4.78 is 11.8. The van der Waals surface area contributed by atoms with Crippen molar-refractivity contribution in [2.45, 2.75) is 13.5 Å². The number of amides is 1. The maximum absolute atomic E-state index is 12.3. The van der Waals surface area contributed by atoms with Gasteiger partial charge in [0.05, 0.1) is 6.61 Å². The summed E-state index contributed by atoms with van der Waals surface area (Å²) in [5, 5.41) is 21.9. The highest BCUT2D eigenvalue weighted by Crippen LogP contribution is 2.41. The number of carbonyl (C=O) groups is 1. The molecule has 1 amide bonds. The number of rotatable bonds is 8. The van der Waals surface area contributed by atoms with Crippen LogP contribution in [-0.2, 0) is 11.3 Å². The molecule has 0 aliphatic rings. The predicted molar refractivity (Wildman–Crippen MR) is 129 cm³/mol. The number of anilines is 1. The minimum Gasteiger partial charge on any atom is -0.490 e. The number of benzene rings is 2. The van der Waals surface area contributed by atoms with E-state index in [1.807, 2.05) is 42.5 Å². The summed E-state index contributed by atoms with van der Waals surface area (Å²) in [6.07, 6.45) is 0. The number of nitriles is 2. The molecule has 9 nitrogen and oxygen atoms in total. The third kappa shape index (κ3) is 5.37. The Morgan fingerprint density at radius 3 is 2.44 bits per heavy atom. The predicted octanol–water partition coefficient (Wildman–Crippen LogP) is 3.22. The Morgan fingerprint density at radius 1 is 1.12 bits per heavy atom. The second-order valence-corrected chi connectivity index (χ2v) is 7.83. The maximum Gasteiger partial charge on any atom is 0.268 e. The van der Waals surface area contributed by atoms with Crippen LogP contribution in [-0.4, -0.2) is 24.1 Å². The van der Waals surface area contributed by atoms with Crippen molar-refractivity contribution in [1.82, 2.24) is 10.3 Å². The number of aromatic amines is 1. The van der Waals surface area contributed by atoms with Crippen LogP contribution in [0.15, 0.2) is 51.7 Å². The van der Waals surface area contributed by atoms with Crippen molar-refractivity contribution in [3.63, 3.8) is 0 Å². The minimum atomic E-state index is -0.714. The number of nitrogens with two attached hydrogens (primary N) is 1. The van der Waals surface area contributed by atoms with Crippen LogP contribution in [0.5, 0.6) is 11.5 Å². The zero-order chi connectivity index (χ0) is 24.7. The molecule has 0 unspecified atom stereocenters. The van der Waals surface area contributed by atoms with E-state index in [2.05, 4.69) is 26.2 Å². The lowest BCUT2D eigenvalue weighted by atomic mass is 9.96. The van der Waals surface area contributed by atoms with Gasteiger partial charge >= 0.3 is 0 Å². The van der Waals surface area contributed by atoms with Crippen molar-refractivity contribution in [3.05, 3.63) is 74.0 Å². The lowest BCUT2D eigenvalue weighted by Crippen LogP contribution is -2.28. The van der Waals surface area contributed by atoms with Gasteiger partial charge in [-0.1, -0.05) is 46.3 Å². The van der Waals surface area contributed by atoms with Gasteiger partial charge in [-0.15, -0.1) is 0 Å². The molecule has 0 saturated carbocycles. The normalized spacial score (nSPS) is 10.1. The van der Waals surface area contributed by atoms with Crippen LogP contribution >= 0.6 is 15.9 Å². The van der Waals surface area contributed by atoms with Crippen molar-refractivity contribution in [1.29, 1.82) is 10.5 Å². The molecule has 2 aromatic carbocycles. The summed E-state index contributed by atoms with van der Waals surface area (Å²) in [7, 11) is 0. The highest BCUT2D eigenvalue weighted by molar-refractivity contribution is 9.10. The fourth-order valence-electron chi connectivity index (χ4n) is 3.21. The number of nitrogens with one attached hydrogen (secondary N) is 2. The van der Waals surface area contributed by atoms with Crippen LogP contribution in [0.4, 0.5) is 5.82 Å². The van der Waals surface area contributed by atoms with E-state index in [0.717, 1.165) is 5.56 Å². The molecule has 1 aromatic heterocycles. The molecule has 172 valence electrons. The number of nitrogen functional groups attached to an aromatic ring is 1. The second-order valence-electron chi connectivity index (χ2n) is 6.98. The molecule has 0 aliphatic heterocycles. The maximum atomic E-state index is 12.3. The molecular formula is C24H20BrN5O4. The number of ether oxygens (including phenoxy) is 2. The molecule has 0 fully saturated rings. The van der Waals surface area contributed by atoms with Gasteiger partial charge in [-0.25, -0.2) is 0 Å². The molecule has 34 heavy (non-hydrogen) atoms. The average molecular weight is 522 g/mol. The Bertz CT molecular complexity index is 1360. The summed E-state index contributed by atoms with van der Waals surface area (Å²) >= 11 is 3.41.